The van der Waals surface area contributed by atoms with Gasteiger partial charge in [0.05, 0.1) is 5.41 Å². The van der Waals surface area contributed by atoms with E-state index >= 15 is 0 Å². The van der Waals surface area contributed by atoms with Gasteiger partial charge in [0.15, 0.2) is 6.29 Å². The van der Waals surface area contributed by atoms with Gasteiger partial charge in [-0.15, -0.1) is 0 Å². The van der Waals surface area contributed by atoms with Gasteiger partial charge in [0.2, 0.25) is 0 Å². The van der Waals surface area contributed by atoms with E-state index in [1.807, 2.05) is 0 Å². The average Bonchev–Trinajstić information content (AvgIpc) is 2.77. The first-order chi connectivity index (χ1) is 16.0. The molecule has 6 heteroatoms. The lowest BCUT2D eigenvalue weighted by Crippen LogP contribution is -2.18. The molecule has 0 aromatic heterocycles. The monoisotopic (exact) mass is 490 g/mol. The summed E-state index contributed by atoms with van der Waals surface area (Å²) in [4.78, 5) is 0. The van der Waals surface area contributed by atoms with Gasteiger partial charge in [-0.25, -0.2) is 0 Å². The molecule has 1 unspecified atom stereocenters. The minimum absolute atomic E-state index is 0.306. The van der Waals surface area contributed by atoms with Gasteiger partial charge in [0.1, 0.15) is 0 Å². The van der Waals surface area contributed by atoms with E-state index in [2.05, 4.69) is 13.8 Å². The summed E-state index contributed by atoms with van der Waals surface area (Å²) in [5, 5.41) is 0.838. The van der Waals surface area contributed by atoms with E-state index in [0.29, 0.717) is 26.1 Å². The van der Waals surface area contributed by atoms with Crippen LogP contribution in [0.4, 0.5) is 0 Å². The highest BCUT2D eigenvalue weighted by atomic mass is 32.2. The van der Waals surface area contributed by atoms with E-state index in [0.717, 1.165) is 18.2 Å². The topological polar surface area (TPSA) is 72.8 Å². The third-order valence-electron chi connectivity index (χ3n) is 5.94. The third kappa shape index (κ3) is 27.7. The van der Waals surface area contributed by atoms with Crippen molar-refractivity contribution in [3.8, 4) is 0 Å². The highest BCUT2D eigenvalue weighted by Crippen LogP contribution is 2.13. The van der Waals surface area contributed by atoms with Crippen LogP contribution in [0.1, 0.15) is 142 Å². The number of allylic oxidation sites excluding steroid dienone is 1. The summed E-state index contributed by atoms with van der Waals surface area (Å²) in [6, 6.07) is 0. The minimum atomic E-state index is -4.06. The number of rotatable bonds is 26. The molecule has 0 rings (SSSR count). The van der Waals surface area contributed by atoms with Gasteiger partial charge in [-0.3, -0.25) is 4.55 Å². The quantitative estimate of drug-likeness (QED) is 0.0746. The molecule has 0 aromatic carbocycles. The molecule has 0 aliphatic carbocycles. The SMILES string of the molecule is CCCCCCCCCCCCOC(CCC=CS(=O)(=O)O)OCCCCCCCCCC. The Morgan fingerprint density at radius 1 is 0.636 bits per heavy atom. The van der Waals surface area contributed by atoms with Crippen LogP contribution in [0, 0.1) is 0 Å². The van der Waals surface area contributed by atoms with Crippen LogP contribution in [-0.2, 0) is 19.6 Å². The van der Waals surface area contributed by atoms with Crippen molar-refractivity contribution < 1.29 is 22.4 Å². The summed E-state index contributed by atoms with van der Waals surface area (Å²) >= 11 is 0. The largest absolute Gasteiger partial charge is 0.353 e. The zero-order valence-corrected chi connectivity index (χ0v) is 22.6. The fourth-order valence-electron chi connectivity index (χ4n) is 3.89. The maximum Gasteiger partial charge on any atom is 0.287 e. The van der Waals surface area contributed by atoms with Gasteiger partial charge in [-0.2, -0.15) is 8.42 Å². The number of ether oxygens (including phenoxy) is 2. The maximum absolute atomic E-state index is 10.8. The van der Waals surface area contributed by atoms with Crippen LogP contribution in [0.15, 0.2) is 11.5 Å². The van der Waals surface area contributed by atoms with E-state index in [4.69, 9.17) is 14.0 Å². The first-order valence-corrected chi connectivity index (χ1v) is 15.4. The number of hydrogen-bond acceptors (Lipinski definition) is 4. The molecular formula is C27H54O5S. The zero-order valence-electron chi connectivity index (χ0n) is 21.8. The Hall–Kier alpha value is -0.430. The Balaban J connectivity index is 3.92. The van der Waals surface area contributed by atoms with E-state index in [9.17, 15) is 8.42 Å². The van der Waals surface area contributed by atoms with Gasteiger partial charge < -0.3 is 9.47 Å². The Labute approximate surface area is 205 Å². The van der Waals surface area contributed by atoms with Crippen LogP contribution >= 0.6 is 0 Å². The van der Waals surface area contributed by atoms with Crippen molar-refractivity contribution in [1.82, 2.24) is 0 Å². The lowest BCUT2D eigenvalue weighted by Gasteiger charge is -2.18. The summed E-state index contributed by atoms with van der Waals surface area (Å²) in [7, 11) is -4.06. The van der Waals surface area contributed by atoms with E-state index in [1.54, 1.807) is 0 Å². The van der Waals surface area contributed by atoms with Crippen molar-refractivity contribution >= 4 is 10.1 Å². The standard InChI is InChI=1S/C27H54O5S/c1-3-5-7-9-11-13-14-16-18-21-25-32-27(23-19-22-26-33(28,29)30)31-24-20-17-15-12-10-8-6-4-2/h22,26-27H,3-21,23-25H2,1-2H3,(H,28,29,30). The summed E-state index contributed by atoms with van der Waals surface area (Å²) in [6.07, 6.45) is 25.3. The average molecular weight is 491 g/mol. The van der Waals surface area contributed by atoms with Crippen molar-refractivity contribution in [1.29, 1.82) is 0 Å². The van der Waals surface area contributed by atoms with E-state index < -0.39 is 10.1 Å². The molecule has 0 aliphatic heterocycles. The van der Waals surface area contributed by atoms with Crippen molar-refractivity contribution in [2.45, 2.75) is 149 Å². The minimum Gasteiger partial charge on any atom is -0.353 e. The molecule has 0 amide bonds. The molecule has 33 heavy (non-hydrogen) atoms. The van der Waals surface area contributed by atoms with Crippen LogP contribution < -0.4 is 0 Å². The van der Waals surface area contributed by atoms with Crippen molar-refractivity contribution in [3.05, 3.63) is 11.5 Å². The maximum atomic E-state index is 10.8. The highest BCUT2D eigenvalue weighted by Gasteiger charge is 2.09. The summed E-state index contributed by atoms with van der Waals surface area (Å²) < 4.78 is 42.4. The van der Waals surface area contributed by atoms with Crippen LogP contribution in [0.2, 0.25) is 0 Å². The fraction of sp³-hybridized carbons (Fsp3) is 0.926. The van der Waals surface area contributed by atoms with Gasteiger partial charge >= 0.3 is 0 Å². The fourth-order valence-corrected chi connectivity index (χ4v) is 4.27. The molecule has 0 radical (unpaired) electrons. The number of unbranched alkanes of at least 4 members (excludes halogenated alkanes) is 16. The molecule has 0 saturated carbocycles. The number of hydrogen-bond donors (Lipinski definition) is 1. The van der Waals surface area contributed by atoms with Crippen LogP contribution in [0.5, 0.6) is 0 Å². The van der Waals surface area contributed by atoms with Crippen LogP contribution in [0.3, 0.4) is 0 Å². The first-order valence-electron chi connectivity index (χ1n) is 13.9. The Bertz CT molecular complexity index is 519. The Kier molecular flexibility index (Phi) is 24.4. The normalized spacial score (nSPS) is 13.2. The van der Waals surface area contributed by atoms with Gasteiger partial charge in [-0.1, -0.05) is 123 Å². The lowest BCUT2D eigenvalue weighted by atomic mass is 10.1. The van der Waals surface area contributed by atoms with Crippen molar-refractivity contribution in [3.63, 3.8) is 0 Å². The van der Waals surface area contributed by atoms with Gasteiger partial charge in [0.25, 0.3) is 10.1 Å². The molecule has 1 N–H and O–H groups in total. The Morgan fingerprint density at radius 3 is 1.36 bits per heavy atom. The van der Waals surface area contributed by atoms with Crippen LogP contribution in [-0.4, -0.2) is 32.5 Å². The molecule has 1 atom stereocenters. The first kappa shape index (κ1) is 32.6. The highest BCUT2D eigenvalue weighted by molar-refractivity contribution is 7.88. The lowest BCUT2D eigenvalue weighted by molar-refractivity contribution is -0.146. The zero-order chi connectivity index (χ0) is 24.5. The summed E-state index contributed by atoms with van der Waals surface area (Å²) in [6.45, 7) is 5.86. The van der Waals surface area contributed by atoms with E-state index in [-0.39, 0.29) is 6.29 Å². The summed E-state index contributed by atoms with van der Waals surface area (Å²) in [5.41, 5.74) is 0. The third-order valence-corrected chi connectivity index (χ3v) is 6.48. The molecule has 0 fully saturated rings. The van der Waals surface area contributed by atoms with Crippen molar-refractivity contribution in [2.75, 3.05) is 13.2 Å². The Morgan fingerprint density at radius 2 is 1.00 bits per heavy atom. The second-order valence-corrected chi connectivity index (χ2v) is 10.6. The van der Waals surface area contributed by atoms with E-state index in [1.165, 1.54) is 109 Å². The predicted octanol–water partition coefficient (Wildman–Crippen LogP) is 8.59. The molecule has 0 saturated heterocycles. The molecule has 5 nitrogen and oxygen atoms in total. The molecule has 0 aromatic rings. The predicted molar refractivity (Wildman–Crippen MR) is 140 cm³/mol. The smallest absolute Gasteiger partial charge is 0.287 e. The van der Waals surface area contributed by atoms with Gasteiger partial charge in [-0.05, 0) is 19.3 Å². The molecule has 0 aliphatic rings. The molecule has 198 valence electrons. The molecule has 0 spiro atoms. The van der Waals surface area contributed by atoms with Crippen LogP contribution in [0.25, 0.3) is 0 Å². The second kappa shape index (κ2) is 24.7. The molecule has 0 heterocycles. The van der Waals surface area contributed by atoms with Crippen molar-refractivity contribution in [2.24, 2.45) is 0 Å². The second-order valence-electron chi connectivity index (χ2n) is 9.29. The molecular weight excluding hydrogens is 436 g/mol. The molecule has 0 bridgehead atoms. The van der Waals surface area contributed by atoms with Gasteiger partial charge in [0, 0.05) is 19.6 Å². The summed E-state index contributed by atoms with van der Waals surface area (Å²) in [5.74, 6) is 0.